The molecule has 218 valence electrons. The van der Waals surface area contributed by atoms with Crippen LogP contribution in [0.2, 0.25) is 0 Å². The van der Waals surface area contributed by atoms with E-state index in [1.165, 1.54) is 11.3 Å². The van der Waals surface area contributed by atoms with E-state index in [-0.39, 0.29) is 11.1 Å². The quantitative estimate of drug-likeness (QED) is 0.236. The minimum Gasteiger partial charge on any atom is -0.494 e. The van der Waals surface area contributed by atoms with Gasteiger partial charge >= 0.3 is 0 Å². The van der Waals surface area contributed by atoms with Crippen LogP contribution in [-0.2, 0) is 20.0 Å². The van der Waals surface area contributed by atoms with Gasteiger partial charge in [-0.1, -0.05) is 32.1 Å². The summed E-state index contributed by atoms with van der Waals surface area (Å²) in [5.41, 5.74) is 3.23. The van der Waals surface area contributed by atoms with Crippen molar-refractivity contribution in [3.8, 4) is 28.6 Å². The Hall–Kier alpha value is -4.64. The monoisotopic (exact) mass is 587 g/mol. The van der Waals surface area contributed by atoms with Crippen LogP contribution in [0.5, 0.6) is 17.2 Å². The molecular weight excluding hydrogens is 554 g/mol. The number of fused-ring (bicyclic) bond motifs is 1. The van der Waals surface area contributed by atoms with Gasteiger partial charge in [-0.05, 0) is 54.8 Å². The molecule has 10 nitrogen and oxygen atoms in total. The molecule has 0 bridgehead atoms. The Bertz CT molecular complexity index is 1950. The molecule has 42 heavy (non-hydrogen) atoms. The lowest BCUT2D eigenvalue weighted by Crippen LogP contribution is -2.25. The normalized spacial score (nSPS) is 11.8. The van der Waals surface area contributed by atoms with E-state index < -0.39 is 0 Å². The van der Waals surface area contributed by atoms with Gasteiger partial charge in [0.2, 0.25) is 0 Å². The minimum atomic E-state index is -0.156. The lowest BCUT2D eigenvalue weighted by molar-refractivity contribution is 0.301. The Morgan fingerprint density at radius 3 is 2.50 bits per heavy atom. The van der Waals surface area contributed by atoms with E-state index in [2.05, 4.69) is 23.6 Å². The molecular formula is C31H33N5O5S. The highest BCUT2D eigenvalue weighted by molar-refractivity contribution is 7.07. The largest absolute Gasteiger partial charge is 0.494 e. The molecule has 5 aromatic rings. The van der Waals surface area contributed by atoms with Crippen LogP contribution >= 0.6 is 11.3 Å². The van der Waals surface area contributed by atoms with E-state index in [0.29, 0.717) is 62.9 Å². The van der Waals surface area contributed by atoms with Crippen molar-refractivity contribution in [2.24, 2.45) is 7.05 Å². The topological polar surface area (TPSA) is 113 Å². The molecule has 0 atom stereocenters. The first kappa shape index (κ1) is 28.9. The zero-order valence-corrected chi connectivity index (χ0v) is 24.9. The lowest BCUT2D eigenvalue weighted by atomic mass is 10.1. The third-order valence-corrected chi connectivity index (χ3v) is 7.70. The van der Waals surface area contributed by atoms with E-state index in [1.54, 1.807) is 30.5 Å². The molecule has 0 unspecified atom stereocenters. The first-order chi connectivity index (χ1) is 20.3. The van der Waals surface area contributed by atoms with Crippen molar-refractivity contribution in [3.05, 3.63) is 83.6 Å². The average Bonchev–Trinajstić information content (AvgIpc) is 3.48. The van der Waals surface area contributed by atoms with Gasteiger partial charge in [0.25, 0.3) is 11.1 Å². The van der Waals surface area contributed by atoms with Crippen LogP contribution in [0, 0.1) is 0 Å². The van der Waals surface area contributed by atoms with Crippen LogP contribution < -0.4 is 34.5 Å². The van der Waals surface area contributed by atoms with Crippen molar-refractivity contribution in [1.82, 2.24) is 24.3 Å². The number of aromatic nitrogens is 5. The zero-order chi connectivity index (χ0) is 29.8. The Morgan fingerprint density at radius 2 is 1.83 bits per heavy atom. The molecule has 2 aromatic carbocycles. The Balaban J connectivity index is 1.40. The van der Waals surface area contributed by atoms with E-state index in [1.807, 2.05) is 48.5 Å². The van der Waals surface area contributed by atoms with Gasteiger partial charge in [0, 0.05) is 19.2 Å². The molecule has 0 aliphatic heterocycles. The number of aromatic amines is 1. The molecule has 0 saturated heterocycles. The molecule has 11 heteroatoms. The molecule has 0 aliphatic carbocycles. The van der Waals surface area contributed by atoms with Gasteiger partial charge in [-0.25, -0.2) is 4.98 Å². The zero-order valence-electron chi connectivity index (χ0n) is 24.1. The van der Waals surface area contributed by atoms with Crippen molar-refractivity contribution >= 4 is 35.0 Å². The van der Waals surface area contributed by atoms with Gasteiger partial charge < -0.3 is 19.2 Å². The van der Waals surface area contributed by atoms with Crippen LogP contribution in [0.25, 0.3) is 35.1 Å². The maximum Gasteiger partial charge on any atom is 0.279 e. The van der Waals surface area contributed by atoms with E-state index >= 15 is 0 Å². The summed E-state index contributed by atoms with van der Waals surface area (Å²) in [7, 11) is 4.94. The predicted molar refractivity (Wildman–Crippen MR) is 165 cm³/mol. The summed E-state index contributed by atoms with van der Waals surface area (Å²) in [5, 5.41) is 4.60. The number of ether oxygens (including phenoxy) is 3. The number of hydrogen-bond donors (Lipinski definition) is 1. The first-order valence-electron chi connectivity index (χ1n) is 13.6. The summed E-state index contributed by atoms with van der Waals surface area (Å²) in [6, 6.07) is 13.0. The van der Waals surface area contributed by atoms with Crippen LogP contribution in [-0.4, -0.2) is 45.1 Å². The average molecular weight is 588 g/mol. The number of rotatable bonds is 11. The SMILES string of the molecule is C=c1[nH]c(=O)/c(=C\c2ccc(OCCCn3c(-c4ccc(OC)c(OC)c4)nc4c(CCC)nn(C)c4c3=O)cc2)s1. The number of nitrogens with one attached hydrogen (secondary N) is 1. The van der Waals surface area contributed by atoms with Crippen molar-refractivity contribution < 1.29 is 14.2 Å². The van der Waals surface area contributed by atoms with Crippen LogP contribution in [0.3, 0.4) is 0 Å². The van der Waals surface area contributed by atoms with Crippen molar-refractivity contribution in [2.45, 2.75) is 32.7 Å². The van der Waals surface area contributed by atoms with Gasteiger partial charge in [-0.2, -0.15) is 5.10 Å². The van der Waals surface area contributed by atoms with E-state index in [0.717, 1.165) is 29.7 Å². The molecule has 1 N–H and O–H groups in total. The standard InChI is InChI=1S/C31H33N5O5S/c1-6-8-23-27-28(35(3)34-23)31(38)36(29(33-27)21-11-14-24(39-4)25(18-21)40-5)15-7-16-41-22-12-9-20(10-13-22)17-26-30(37)32-19(2)42-26/h9-14,17-18H,2,6-8,15-16H2,1,3-5H3,(H,32,37)/b26-17+. The summed E-state index contributed by atoms with van der Waals surface area (Å²) >= 11 is 1.32. The fourth-order valence-corrected chi connectivity index (χ4v) is 5.58. The number of methoxy groups -OCH3 is 2. The second-order valence-corrected chi connectivity index (χ2v) is 10.9. The van der Waals surface area contributed by atoms with Crippen molar-refractivity contribution in [2.75, 3.05) is 20.8 Å². The summed E-state index contributed by atoms with van der Waals surface area (Å²) in [5.74, 6) is 2.38. The molecule has 0 saturated carbocycles. The fraction of sp³-hybridized carbons (Fsp3) is 0.290. The molecule has 3 aromatic heterocycles. The summed E-state index contributed by atoms with van der Waals surface area (Å²) < 4.78 is 21.4. The third kappa shape index (κ3) is 5.87. The summed E-state index contributed by atoms with van der Waals surface area (Å²) in [4.78, 5) is 33.4. The Morgan fingerprint density at radius 1 is 1.07 bits per heavy atom. The van der Waals surface area contributed by atoms with E-state index in [4.69, 9.17) is 19.2 Å². The number of H-pyrrole nitrogens is 1. The van der Waals surface area contributed by atoms with E-state index in [9.17, 15) is 9.59 Å². The summed E-state index contributed by atoms with van der Waals surface area (Å²) in [6.45, 7) is 6.63. The second-order valence-electron chi connectivity index (χ2n) is 9.74. The number of benzene rings is 2. The van der Waals surface area contributed by atoms with Crippen molar-refractivity contribution in [1.29, 1.82) is 0 Å². The molecule has 0 spiro atoms. The second kappa shape index (κ2) is 12.5. The number of thiazole rings is 1. The van der Waals surface area contributed by atoms with Gasteiger partial charge in [-0.3, -0.25) is 18.8 Å². The highest BCUT2D eigenvalue weighted by Gasteiger charge is 2.20. The number of aryl methyl sites for hydroxylation is 2. The molecule has 0 radical (unpaired) electrons. The van der Waals surface area contributed by atoms with Gasteiger partial charge in [-0.15, -0.1) is 11.3 Å². The van der Waals surface area contributed by atoms with Crippen LogP contribution in [0.15, 0.2) is 52.1 Å². The van der Waals surface area contributed by atoms with Crippen molar-refractivity contribution in [3.63, 3.8) is 0 Å². The van der Waals surface area contributed by atoms with Crippen LogP contribution in [0.4, 0.5) is 0 Å². The Labute approximate surface area is 246 Å². The molecule has 5 rings (SSSR count). The molecule has 3 heterocycles. The fourth-order valence-electron chi connectivity index (χ4n) is 4.84. The minimum absolute atomic E-state index is 0.145. The van der Waals surface area contributed by atoms with Gasteiger partial charge in [0.1, 0.15) is 17.1 Å². The van der Waals surface area contributed by atoms with Crippen LogP contribution in [0.1, 0.15) is 31.0 Å². The third-order valence-electron chi connectivity index (χ3n) is 6.82. The number of hydrogen-bond acceptors (Lipinski definition) is 8. The maximum atomic E-state index is 13.9. The molecule has 0 aliphatic rings. The smallest absolute Gasteiger partial charge is 0.279 e. The highest BCUT2D eigenvalue weighted by Crippen LogP contribution is 2.32. The predicted octanol–water partition coefficient (Wildman–Crippen LogP) is 3.22. The molecule has 0 fully saturated rings. The first-order valence-corrected chi connectivity index (χ1v) is 14.5. The highest BCUT2D eigenvalue weighted by atomic mass is 32.1. The lowest BCUT2D eigenvalue weighted by Gasteiger charge is -2.15. The summed E-state index contributed by atoms with van der Waals surface area (Å²) in [6.07, 6.45) is 4.00. The maximum absolute atomic E-state index is 13.9. The molecule has 0 amide bonds. The number of nitrogens with zero attached hydrogens (tertiary/aromatic N) is 4. The van der Waals surface area contributed by atoms with Gasteiger partial charge in [0.15, 0.2) is 17.0 Å². The van der Waals surface area contributed by atoms with Gasteiger partial charge in [0.05, 0.1) is 35.7 Å². The Kier molecular flexibility index (Phi) is 8.58.